The van der Waals surface area contributed by atoms with Crippen molar-refractivity contribution in [1.29, 1.82) is 0 Å². The van der Waals surface area contributed by atoms with Gasteiger partial charge >= 0.3 is 0 Å². The maximum atomic E-state index is 12.5. The Hall–Kier alpha value is -1.64. The summed E-state index contributed by atoms with van der Waals surface area (Å²) in [5, 5.41) is 2.87. The van der Waals surface area contributed by atoms with Crippen molar-refractivity contribution < 1.29 is 9.59 Å². The minimum absolute atomic E-state index is 0.205. The van der Waals surface area contributed by atoms with Crippen LogP contribution in [0.3, 0.4) is 0 Å². The van der Waals surface area contributed by atoms with Crippen molar-refractivity contribution in [3.05, 3.63) is 27.8 Å². The smallest absolute Gasteiger partial charge is 0.296 e. The summed E-state index contributed by atoms with van der Waals surface area (Å²) < 4.78 is 0. The molecular weight excluding hydrogens is 286 g/mol. The number of rotatable bonds is 4. The van der Waals surface area contributed by atoms with Gasteiger partial charge < -0.3 is 5.32 Å². The zero-order valence-electron chi connectivity index (χ0n) is 15.6. The summed E-state index contributed by atoms with van der Waals surface area (Å²) in [6, 6.07) is 0. The number of hydrogen-bond donors (Lipinski definition) is 1. The molecule has 0 bridgehead atoms. The second-order valence-electron chi connectivity index (χ2n) is 7.81. The Morgan fingerprint density at radius 1 is 0.609 bits per heavy atom. The Morgan fingerprint density at radius 2 is 1.00 bits per heavy atom. The first-order valence-electron chi connectivity index (χ1n) is 8.68. The molecule has 2 rings (SSSR count). The van der Waals surface area contributed by atoms with Crippen LogP contribution >= 0.6 is 0 Å². The lowest BCUT2D eigenvalue weighted by molar-refractivity contribution is -0.112. The normalized spacial score (nSPS) is 14.4. The van der Waals surface area contributed by atoms with Crippen molar-refractivity contribution in [2.24, 2.45) is 0 Å². The molecule has 0 radical (unpaired) electrons. The number of carbonyl (C=O) groups is 2. The third-order valence-corrected chi connectivity index (χ3v) is 4.64. The third kappa shape index (κ3) is 2.71. The molecule has 0 atom stereocenters. The fraction of sp³-hybridized carbons (Fsp3) is 0.600. The van der Waals surface area contributed by atoms with E-state index in [1.165, 1.54) is 11.1 Å². The number of hydrogen-bond acceptors (Lipinski definition) is 2. The van der Waals surface area contributed by atoms with Crippen LogP contribution in [0.5, 0.6) is 0 Å². The van der Waals surface area contributed by atoms with E-state index < -0.39 is 5.91 Å². The Bertz CT molecular complexity index is 667. The number of carbonyl (C=O) groups excluding carboxylic acids is 2. The highest BCUT2D eigenvalue weighted by molar-refractivity contribution is 6.52. The molecule has 0 saturated heterocycles. The van der Waals surface area contributed by atoms with Crippen LogP contribution in [-0.2, 0) is 4.79 Å². The molecule has 0 aliphatic carbocycles. The van der Waals surface area contributed by atoms with E-state index in [2.05, 4.69) is 60.7 Å². The number of anilines is 1. The van der Waals surface area contributed by atoms with Crippen LogP contribution in [0, 0.1) is 0 Å². The van der Waals surface area contributed by atoms with Gasteiger partial charge in [-0.2, -0.15) is 0 Å². The van der Waals surface area contributed by atoms with E-state index in [1.54, 1.807) is 0 Å². The molecule has 0 fully saturated rings. The minimum Gasteiger partial charge on any atom is -0.318 e. The van der Waals surface area contributed by atoms with E-state index in [9.17, 15) is 9.59 Å². The summed E-state index contributed by atoms with van der Waals surface area (Å²) in [6.07, 6.45) is 0. The molecule has 1 aliphatic rings. The number of ketones is 1. The predicted octanol–water partition coefficient (Wildman–Crippen LogP) is 5.32. The van der Waals surface area contributed by atoms with Crippen LogP contribution < -0.4 is 5.32 Å². The van der Waals surface area contributed by atoms with Crippen LogP contribution in [0.1, 0.15) is 112 Å². The van der Waals surface area contributed by atoms with Crippen molar-refractivity contribution in [3.8, 4) is 0 Å². The fourth-order valence-corrected chi connectivity index (χ4v) is 3.92. The van der Waals surface area contributed by atoms with E-state index in [0.717, 1.165) is 16.8 Å². The number of amides is 1. The summed E-state index contributed by atoms with van der Waals surface area (Å²) in [7, 11) is 0. The topological polar surface area (TPSA) is 46.2 Å². The van der Waals surface area contributed by atoms with Gasteiger partial charge in [-0.25, -0.2) is 0 Å². The lowest BCUT2D eigenvalue weighted by Gasteiger charge is -2.30. The van der Waals surface area contributed by atoms with Crippen molar-refractivity contribution >= 4 is 17.4 Å². The highest BCUT2D eigenvalue weighted by Gasteiger charge is 2.38. The lowest BCUT2D eigenvalue weighted by atomic mass is 9.75. The fourth-order valence-electron chi connectivity index (χ4n) is 3.92. The average Bonchev–Trinajstić information content (AvgIpc) is 2.71. The number of Topliss-reactive ketones (excluding diaryl/α,β-unsaturated/α-hetero) is 1. The van der Waals surface area contributed by atoms with E-state index in [-0.39, 0.29) is 17.6 Å². The molecule has 0 spiro atoms. The molecule has 1 amide bonds. The van der Waals surface area contributed by atoms with Gasteiger partial charge in [-0.3, -0.25) is 9.59 Å². The first-order chi connectivity index (χ1) is 10.6. The average molecular weight is 315 g/mol. The first kappa shape index (κ1) is 17.7. The maximum Gasteiger partial charge on any atom is 0.296 e. The van der Waals surface area contributed by atoms with Gasteiger partial charge in [-0.15, -0.1) is 0 Å². The highest BCUT2D eigenvalue weighted by atomic mass is 16.2. The van der Waals surface area contributed by atoms with Crippen molar-refractivity contribution in [2.45, 2.75) is 79.1 Å². The van der Waals surface area contributed by atoms with E-state index in [4.69, 9.17) is 0 Å². The van der Waals surface area contributed by atoms with Crippen LogP contribution in [0.15, 0.2) is 0 Å². The summed E-state index contributed by atoms with van der Waals surface area (Å²) in [4.78, 5) is 24.6. The molecule has 3 heteroatoms. The van der Waals surface area contributed by atoms with Crippen LogP contribution in [0.25, 0.3) is 0 Å². The van der Waals surface area contributed by atoms with Crippen molar-refractivity contribution in [1.82, 2.24) is 0 Å². The van der Waals surface area contributed by atoms with Crippen molar-refractivity contribution in [3.63, 3.8) is 0 Å². The molecule has 126 valence electrons. The summed E-state index contributed by atoms with van der Waals surface area (Å²) in [5.41, 5.74) is 6.18. The Kier molecular flexibility index (Phi) is 4.70. The van der Waals surface area contributed by atoms with Crippen LogP contribution in [0.2, 0.25) is 0 Å². The molecule has 1 heterocycles. The van der Waals surface area contributed by atoms with Gasteiger partial charge in [0.25, 0.3) is 11.7 Å². The second-order valence-corrected chi connectivity index (χ2v) is 7.81. The molecule has 23 heavy (non-hydrogen) atoms. The van der Waals surface area contributed by atoms with Gasteiger partial charge in [0.05, 0.1) is 11.3 Å². The van der Waals surface area contributed by atoms with Gasteiger partial charge in [0, 0.05) is 0 Å². The summed E-state index contributed by atoms with van der Waals surface area (Å²) in [5.74, 6) is 0.265. The first-order valence-corrected chi connectivity index (χ1v) is 8.68. The molecule has 1 aliphatic heterocycles. The van der Waals surface area contributed by atoms with Gasteiger partial charge in [0.1, 0.15) is 0 Å². The molecule has 0 aromatic heterocycles. The largest absolute Gasteiger partial charge is 0.318 e. The number of benzene rings is 1. The number of fused-ring (bicyclic) bond motifs is 1. The zero-order chi connectivity index (χ0) is 17.6. The Morgan fingerprint density at radius 3 is 1.39 bits per heavy atom. The molecule has 0 unspecified atom stereocenters. The Balaban J connectivity index is 3.05. The highest BCUT2D eigenvalue weighted by Crippen LogP contribution is 2.47. The third-order valence-electron chi connectivity index (χ3n) is 4.64. The second kappa shape index (κ2) is 6.10. The van der Waals surface area contributed by atoms with Gasteiger partial charge in [0.2, 0.25) is 0 Å². The SMILES string of the molecule is CC(C)c1c2c(c(C(C)C)c(C(C)C)c1C(C)C)C(=O)C(=O)N2. The quantitative estimate of drug-likeness (QED) is 0.765. The summed E-state index contributed by atoms with van der Waals surface area (Å²) in [6.45, 7) is 17.2. The molecule has 3 nitrogen and oxygen atoms in total. The van der Waals surface area contributed by atoms with E-state index in [0.29, 0.717) is 17.4 Å². The standard InChI is InChI=1S/C20H29NO2/c1-9(2)13-14(10(3)4)16(12(7)8)18-17(15(13)11(5)6)19(22)20(23)21-18/h9-12H,1-8H3,(H,21,22,23). The van der Waals surface area contributed by atoms with Gasteiger partial charge in [-0.05, 0) is 45.9 Å². The lowest BCUT2D eigenvalue weighted by Crippen LogP contribution is -2.15. The summed E-state index contributed by atoms with van der Waals surface area (Å²) >= 11 is 0. The maximum absolute atomic E-state index is 12.5. The molecule has 1 aromatic rings. The van der Waals surface area contributed by atoms with Gasteiger partial charge in [0.15, 0.2) is 0 Å². The van der Waals surface area contributed by atoms with Crippen LogP contribution in [0.4, 0.5) is 5.69 Å². The minimum atomic E-state index is -0.487. The molecule has 0 saturated carbocycles. The van der Waals surface area contributed by atoms with Gasteiger partial charge in [-0.1, -0.05) is 55.4 Å². The Labute approximate surface area is 139 Å². The predicted molar refractivity (Wildman–Crippen MR) is 95.8 cm³/mol. The van der Waals surface area contributed by atoms with Crippen molar-refractivity contribution in [2.75, 3.05) is 5.32 Å². The zero-order valence-corrected chi connectivity index (χ0v) is 15.6. The monoisotopic (exact) mass is 315 g/mol. The van der Waals surface area contributed by atoms with E-state index >= 15 is 0 Å². The number of nitrogens with one attached hydrogen (secondary N) is 1. The molecule has 1 N–H and O–H groups in total. The van der Waals surface area contributed by atoms with E-state index in [1.807, 2.05) is 0 Å². The molecule has 1 aromatic carbocycles. The molecular formula is C20H29NO2. The van der Waals surface area contributed by atoms with Crippen LogP contribution in [-0.4, -0.2) is 11.7 Å².